The summed E-state index contributed by atoms with van der Waals surface area (Å²) in [6, 6.07) is 10.9. The van der Waals surface area contributed by atoms with Crippen molar-refractivity contribution in [2.75, 3.05) is 0 Å². The summed E-state index contributed by atoms with van der Waals surface area (Å²) in [5.74, 6) is 0. The van der Waals surface area contributed by atoms with E-state index in [1.165, 1.54) is 10.6 Å². The molecule has 1 aliphatic rings. The highest BCUT2D eigenvalue weighted by molar-refractivity contribution is 7.73. The smallest absolute Gasteiger partial charge is 0.00837 e. The van der Waals surface area contributed by atoms with E-state index < -0.39 is 0 Å². The Morgan fingerprint density at radius 3 is 2.61 bits per heavy atom. The lowest BCUT2D eigenvalue weighted by molar-refractivity contribution is 1.40. The highest BCUT2D eigenvalue weighted by Crippen LogP contribution is 2.53. The molecule has 0 saturated heterocycles. The van der Waals surface area contributed by atoms with Crippen molar-refractivity contribution in [2.24, 2.45) is 0 Å². The van der Waals surface area contributed by atoms with E-state index in [2.05, 4.69) is 80.6 Å². The number of rotatable bonds is 4. The van der Waals surface area contributed by atoms with Gasteiger partial charge in [-0.3, -0.25) is 0 Å². The van der Waals surface area contributed by atoms with Crippen LogP contribution in [0.1, 0.15) is 20.3 Å². The zero-order valence-corrected chi connectivity index (χ0v) is 11.9. The number of hydrogen-bond donors (Lipinski definition) is 0. The van der Waals surface area contributed by atoms with E-state index in [1.807, 2.05) is 0 Å². The Labute approximate surface area is 111 Å². The normalized spacial score (nSPS) is 17.2. The first-order chi connectivity index (χ1) is 8.83. The Morgan fingerprint density at radius 1 is 1.22 bits per heavy atom. The predicted octanol–water partition coefficient (Wildman–Crippen LogP) is 5.12. The van der Waals surface area contributed by atoms with E-state index >= 15 is 0 Å². The van der Waals surface area contributed by atoms with E-state index in [9.17, 15) is 0 Å². The van der Waals surface area contributed by atoms with Crippen LogP contribution in [0.15, 0.2) is 77.4 Å². The third-order valence-corrected chi connectivity index (χ3v) is 5.51. The number of benzene rings is 1. The number of allylic oxidation sites excluding steroid dienone is 8. The van der Waals surface area contributed by atoms with Crippen LogP contribution in [0.3, 0.4) is 0 Å². The average molecular weight is 254 g/mol. The van der Waals surface area contributed by atoms with Gasteiger partial charge in [0.15, 0.2) is 0 Å². The molecule has 0 radical (unpaired) electrons. The Morgan fingerprint density at radius 2 is 2.00 bits per heavy atom. The van der Waals surface area contributed by atoms with Crippen LogP contribution in [0.5, 0.6) is 0 Å². The Bertz CT molecular complexity index is 504. The first-order valence-corrected chi connectivity index (χ1v) is 7.67. The van der Waals surface area contributed by atoms with Gasteiger partial charge in [0.05, 0.1) is 0 Å². The molecule has 92 valence electrons. The van der Waals surface area contributed by atoms with Crippen LogP contribution in [0.25, 0.3) is 0 Å². The molecule has 0 nitrogen and oxygen atoms in total. The molecule has 1 unspecified atom stereocenters. The molecule has 0 aliphatic heterocycles. The summed E-state index contributed by atoms with van der Waals surface area (Å²) in [5, 5.41) is 4.46. The second-order valence-electron chi connectivity index (χ2n) is 4.30. The van der Waals surface area contributed by atoms with Gasteiger partial charge in [-0.2, -0.15) is 0 Å². The molecule has 0 bridgehead atoms. The molecule has 0 heterocycles. The third-order valence-electron chi connectivity index (χ3n) is 2.94. The summed E-state index contributed by atoms with van der Waals surface area (Å²) in [4.78, 5) is 0. The van der Waals surface area contributed by atoms with Crippen LogP contribution in [-0.2, 0) is 0 Å². The average Bonchev–Trinajstić information content (AvgIpc) is 2.92. The standard InChI is InChI=1S/C17H19P/c1-3-4-10-15(2)18(17-13-8-9-14-17)16-11-6-5-7-12-16/h3-13H,14H2,1-2H3/b4-3-,15-10+. The van der Waals surface area contributed by atoms with Gasteiger partial charge in [0.2, 0.25) is 0 Å². The molecule has 0 N–H and O–H groups in total. The SMILES string of the molecule is C/C=C\C=C(/C)P(C1=CC=CC1)c1ccccc1. The molecule has 0 amide bonds. The van der Waals surface area contributed by atoms with E-state index in [1.54, 1.807) is 5.31 Å². The zero-order chi connectivity index (χ0) is 12.8. The molecule has 0 spiro atoms. The van der Waals surface area contributed by atoms with E-state index in [4.69, 9.17) is 0 Å². The molecule has 1 atom stereocenters. The largest absolute Gasteiger partial charge is 0.0876 e. The van der Waals surface area contributed by atoms with Crippen molar-refractivity contribution in [3.63, 3.8) is 0 Å². The van der Waals surface area contributed by atoms with Gasteiger partial charge in [0, 0.05) is 0 Å². The minimum Gasteiger partial charge on any atom is -0.0876 e. The van der Waals surface area contributed by atoms with Gasteiger partial charge >= 0.3 is 0 Å². The first kappa shape index (κ1) is 13.1. The lowest BCUT2D eigenvalue weighted by Crippen LogP contribution is -2.01. The molecule has 1 aliphatic carbocycles. The first-order valence-electron chi connectivity index (χ1n) is 6.33. The summed E-state index contributed by atoms with van der Waals surface area (Å²) >= 11 is 0. The summed E-state index contributed by atoms with van der Waals surface area (Å²) < 4.78 is 0. The van der Waals surface area contributed by atoms with E-state index in [0.717, 1.165) is 6.42 Å². The van der Waals surface area contributed by atoms with Gasteiger partial charge < -0.3 is 0 Å². The maximum Gasteiger partial charge on any atom is -0.00837 e. The van der Waals surface area contributed by atoms with Crippen LogP contribution in [0, 0.1) is 0 Å². The van der Waals surface area contributed by atoms with Crippen LogP contribution < -0.4 is 5.30 Å². The van der Waals surface area contributed by atoms with Crippen molar-refractivity contribution < 1.29 is 0 Å². The molecule has 0 saturated carbocycles. The Kier molecular flexibility index (Phi) is 4.73. The fourth-order valence-electron chi connectivity index (χ4n) is 2.08. The molecule has 0 aromatic heterocycles. The monoisotopic (exact) mass is 254 g/mol. The molecule has 1 aromatic rings. The molecule has 2 rings (SSSR count). The van der Waals surface area contributed by atoms with Gasteiger partial charge in [-0.15, -0.1) is 0 Å². The van der Waals surface area contributed by atoms with Crippen molar-refractivity contribution in [1.82, 2.24) is 0 Å². The number of hydrogen-bond acceptors (Lipinski definition) is 0. The highest BCUT2D eigenvalue weighted by atomic mass is 31.1. The molecule has 1 heteroatoms. The minimum absolute atomic E-state index is 0.321. The van der Waals surface area contributed by atoms with Crippen LogP contribution >= 0.6 is 7.92 Å². The lowest BCUT2D eigenvalue weighted by Gasteiger charge is -2.20. The van der Waals surface area contributed by atoms with Crippen molar-refractivity contribution in [3.8, 4) is 0 Å². The minimum atomic E-state index is -0.321. The van der Waals surface area contributed by atoms with Crippen molar-refractivity contribution >= 4 is 13.2 Å². The third kappa shape index (κ3) is 3.09. The fraction of sp³-hybridized carbons (Fsp3) is 0.176. The van der Waals surface area contributed by atoms with E-state index in [0.29, 0.717) is 0 Å². The van der Waals surface area contributed by atoms with Crippen molar-refractivity contribution in [2.45, 2.75) is 20.3 Å². The predicted molar refractivity (Wildman–Crippen MR) is 83.4 cm³/mol. The quantitative estimate of drug-likeness (QED) is 0.517. The van der Waals surface area contributed by atoms with E-state index in [-0.39, 0.29) is 7.92 Å². The fourth-order valence-corrected chi connectivity index (χ4v) is 4.51. The second kappa shape index (κ2) is 6.52. The second-order valence-corrected chi connectivity index (χ2v) is 6.76. The van der Waals surface area contributed by atoms with Gasteiger partial charge in [-0.05, 0) is 44.1 Å². The molecule has 18 heavy (non-hydrogen) atoms. The molecule has 0 fully saturated rings. The summed E-state index contributed by atoms with van der Waals surface area (Å²) in [6.07, 6.45) is 14.3. The van der Waals surface area contributed by atoms with Crippen LogP contribution in [0.2, 0.25) is 0 Å². The zero-order valence-electron chi connectivity index (χ0n) is 11.0. The van der Waals surface area contributed by atoms with Gasteiger partial charge in [-0.25, -0.2) is 0 Å². The van der Waals surface area contributed by atoms with Crippen molar-refractivity contribution in [1.29, 1.82) is 0 Å². The Hall–Kier alpha value is -1.39. The van der Waals surface area contributed by atoms with Crippen molar-refractivity contribution in [3.05, 3.63) is 77.4 Å². The Balaban J connectivity index is 2.35. The summed E-state index contributed by atoms with van der Waals surface area (Å²) in [7, 11) is -0.321. The topological polar surface area (TPSA) is 0 Å². The van der Waals surface area contributed by atoms with Gasteiger partial charge in [0.1, 0.15) is 0 Å². The van der Waals surface area contributed by atoms with Gasteiger partial charge in [-0.1, -0.05) is 66.8 Å². The maximum absolute atomic E-state index is 2.28. The van der Waals surface area contributed by atoms with Crippen LogP contribution in [-0.4, -0.2) is 0 Å². The summed E-state index contributed by atoms with van der Waals surface area (Å²) in [5.41, 5.74) is 0. The molecular weight excluding hydrogens is 235 g/mol. The lowest BCUT2D eigenvalue weighted by atomic mass is 10.4. The van der Waals surface area contributed by atoms with Crippen LogP contribution in [0.4, 0.5) is 0 Å². The molecule has 1 aromatic carbocycles. The maximum atomic E-state index is 2.28. The molecular formula is C17H19P. The van der Waals surface area contributed by atoms with Gasteiger partial charge in [0.25, 0.3) is 0 Å². The summed E-state index contributed by atoms with van der Waals surface area (Å²) in [6.45, 7) is 4.31. The highest BCUT2D eigenvalue weighted by Gasteiger charge is 2.17.